The highest BCUT2D eigenvalue weighted by Gasteiger charge is 2.37. The van der Waals surface area contributed by atoms with Gasteiger partial charge in [-0.3, -0.25) is 19.4 Å². The lowest BCUT2D eigenvalue weighted by Gasteiger charge is -2.36. The highest BCUT2D eigenvalue weighted by molar-refractivity contribution is 6.21. The van der Waals surface area contributed by atoms with E-state index in [0.717, 1.165) is 19.4 Å². The Morgan fingerprint density at radius 3 is 2.35 bits per heavy atom. The number of fused-ring (bicyclic) bond motifs is 1. The van der Waals surface area contributed by atoms with Crippen LogP contribution < -0.4 is 5.73 Å². The lowest BCUT2D eigenvalue weighted by molar-refractivity contribution is 0.0433. The predicted molar refractivity (Wildman–Crippen MR) is 75.2 cm³/mol. The monoisotopic (exact) mass is 273 g/mol. The molecule has 5 heteroatoms. The molecule has 2 aliphatic rings. The highest BCUT2D eigenvalue weighted by atomic mass is 16.2. The molecule has 2 N–H and O–H groups in total. The van der Waals surface area contributed by atoms with Crippen LogP contribution in [-0.2, 0) is 0 Å². The topological polar surface area (TPSA) is 66.6 Å². The second-order valence-electron chi connectivity index (χ2n) is 5.42. The summed E-state index contributed by atoms with van der Waals surface area (Å²) in [7, 11) is 0. The fourth-order valence-electron chi connectivity index (χ4n) is 3.06. The first kappa shape index (κ1) is 13.3. The van der Waals surface area contributed by atoms with E-state index in [2.05, 4.69) is 4.90 Å². The first-order valence-electron chi connectivity index (χ1n) is 7.11. The molecule has 5 nitrogen and oxygen atoms in total. The minimum Gasteiger partial charge on any atom is -0.329 e. The molecule has 1 atom stereocenters. The van der Waals surface area contributed by atoms with Crippen molar-refractivity contribution in [3.05, 3.63) is 35.4 Å². The van der Waals surface area contributed by atoms with Crippen LogP contribution in [0.15, 0.2) is 24.3 Å². The van der Waals surface area contributed by atoms with Crippen LogP contribution in [0.4, 0.5) is 0 Å². The Bertz CT molecular complexity index is 509. The Hall–Kier alpha value is -1.72. The average molecular weight is 273 g/mol. The lowest BCUT2D eigenvalue weighted by Crippen LogP contribution is -2.50. The number of carbonyl (C=O) groups excluding carboxylic acids is 2. The van der Waals surface area contributed by atoms with Gasteiger partial charge in [0.15, 0.2) is 0 Å². The SMILES string of the molecule is NCC1CCCCN1CN1C(=O)c2ccccc2C1=O. The number of hydrogen-bond acceptors (Lipinski definition) is 4. The Morgan fingerprint density at radius 2 is 1.75 bits per heavy atom. The van der Waals surface area contributed by atoms with Crippen LogP contribution in [0.5, 0.6) is 0 Å². The van der Waals surface area contributed by atoms with Gasteiger partial charge < -0.3 is 5.73 Å². The fraction of sp³-hybridized carbons (Fsp3) is 0.467. The third-order valence-corrected chi connectivity index (χ3v) is 4.22. The Kier molecular flexibility index (Phi) is 3.54. The second-order valence-corrected chi connectivity index (χ2v) is 5.42. The zero-order valence-electron chi connectivity index (χ0n) is 11.4. The summed E-state index contributed by atoms with van der Waals surface area (Å²) >= 11 is 0. The van der Waals surface area contributed by atoms with Crippen molar-refractivity contribution in [1.29, 1.82) is 0 Å². The van der Waals surface area contributed by atoms with Crippen LogP contribution in [-0.4, -0.2) is 47.4 Å². The number of hydrogen-bond donors (Lipinski definition) is 1. The Labute approximate surface area is 118 Å². The van der Waals surface area contributed by atoms with Gasteiger partial charge in [-0.05, 0) is 25.0 Å². The molecule has 106 valence electrons. The van der Waals surface area contributed by atoms with Crippen LogP contribution in [0.2, 0.25) is 0 Å². The van der Waals surface area contributed by atoms with Gasteiger partial charge in [-0.1, -0.05) is 18.6 Å². The van der Waals surface area contributed by atoms with E-state index < -0.39 is 0 Å². The number of amides is 2. The molecule has 0 aromatic heterocycles. The molecule has 0 saturated carbocycles. The van der Waals surface area contributed by atoms with Crippen LogP contribution >= 0.6 is 0 Å². The normalized spacial score (nSPS) is 23.2. The number of imide groups is 1. The standard InChI is InChI=1S/C15H19N3O2/c16-9-11-5-3-4-8-17(11)10-18-14(19)12-6-1-2-7-13(12)15(18)20/h1-2,6-7,11H,3-5,8-10,16H2. The maximum atomic E-state index is 12.3. The van der Waals surface area contributed by atoms with Crippen molar-refractivity contribution >= 4 is 11.8 Å². The molecule has 3 rings (SSSR count). The van der Waals surface area contributed by atoms with Gasteiger partial charge in [0.25, 0.3) is 11.8 Å². The first-order chi connectivity index (χ1) is 9.72. The van der Waals surface area contributed by atoms with E-state index in [4.69, 9.17) is 5.73 Å². The minimum atomic E-state index is -0.188. The zero-order chi connectivity index (χ0) is 14.1. The number of nitrogens with two attached hydrogens (primary N) is 1. The van der Waals surface area contributed by atoms with Gasteiger partial charge in [-0.2, -0.15) is 0 Å². The third-order valence-electron chi connectivity index (χ3n) is 4.22. The summed E-state index contributed by atoms with van der Waals surface area (Å²) in [6, 6.07) is 7.28. The molecule has 0 radical (unpaired) electrons. The smallest absolute Gasteiger partial charge is 0.262 e. The summed E-state index contributed by atoms with van der Waals surface area (Å²) < 4.78 is 0. The fourth-order valence-corrected chi connectivity index (χ4v) is 3.06. The summed E-state index contributed by atoms with van der Waals surface area (Å²) in [5, 5.41) is 0. The van der Waals surface area contributed by atoms with Gasteiger partial charge >= 0.3 is 0 Å². The lowest BCUT2D eigenvalue weighted by atomic mass is 10.0. The van der Waals surface area contributed by atoms with Crippen molar-refractivity contribution in [3.8, 4) is 0 Å². The molecule has 2 heterocycles. The van der Waals surface area contributed by atoms with Gasteiger partial charge in [-0.15, -0.1) is 0 Å². The number of piperidine rings is 1. The molecule has 1 fully saturated rings. The quantitative estimate of drug-likeness (QED) is 0.836. The van der Waals surface area contributed by atoms with Crippen molar-refractivity contribution in [3.63, 3.8) is 0 Å². The number of benzene rings is 1. The van der Waals surface area contributed by atoms with Crippen molar-refractivity contribution in [2.75, 3.05) is 19.8 Å². The minimum absolute atomic E-state index is 0.188. The Balaban J connectivity index is 1.79. The van der Waals surface area contributed by atoms with Gasteiger partial charge in [0.1, 0.15) is 0 Å². The summed E-state index contributed by atoms with van der Waals surface area (Å²) in [6.45, 7) is 1.83. The third kappa shape index (κ3) is 2.13. The maximum absolute atomic E-state index is 12.3. The zero-order valence-corrected chi connectivity index (χ0v) is 11.4. The van der Waals surface area contributed by atoms with Gasteiger partial charge in [-0.25, -0.2) is 0 Å². The van der Waals surface area contributed by atoms with Crippen LogP contribution in [0.3, 0.4) is 0 Å². The van der Waals surface area contributed by atoms with Crippen molar-refractivity contribution in [1.82, 2.24) is 9.80 Å². The maximum Gasteiger partial charge on any atom is 0.262 e. The number of carbonyl (C=O) groups is 2. The van der Waals surface area contributed by atoms with Crippen LogP contribution in [0, 0.1) is 0 Å². The molecule has 1 aromatic rings. The van der Waals surface area contributed by atoms with Crippen molar-refractivity contribution < 1.29 is 9.59 Å². The van der Waals surface area contributed by atoms with Crippen molar-refractivity contribution in [2.24, 2.45) is 5.73 Å². The summed E-state index contributed by atoms with van der Waals surface area (Å²) in [4.78, 5) is 28.1. The predicted octanol–water partition coefficient (Wildman–Crippen LogP) is 1.05. The van der Waals surface area contributed by atoms with Crippen molar-refractivity contribution in [2.45, 2.75) is 25.3 Å². The largest absolute Gasteiger partial charge is 0.329 e. The van der Waals surface area contributed by atoms with Gasteiger partial charge in [0.2, 0.25) is 0 Å². The molecule has 0 spiro atoms. The summed E-state index contributed by atoms with van der Waals surface area (Å²) in [5.74, 6) is -0.376. The highest BCUT2D eigenvalue weighted by Crippen LogP contribution is 2.24. The van der Waals surface area contributed by atoms with E-state index in [9.17, 15) is 9.59 Å². The van der Waals surface area contributed by atoms with Crippen LogP contribution in [0.25, 0.3) is 0 Å². The van der Waals surface area contributed by atoms with E-state index in [-0.39, 0.29) is 17.9 Å². The van der Waals surface area contributed by atoms with E-state index in [1.807, 2.05) is 0 Å². The summed E-state index contributed by atoms with van der Waals surface area (Å²) in [6.07, 6.45) is 3.31. The molecule has 0 aliphatic carbocycles. The van der Waals surface area contributed by atoms with Gasteiger partial charge in [0, 0.05) is 19.1 Å². The Morgan fingerprint density at radius 1 is 1.10 bits per heavy atom. The molecule has 0 bridgehead atoms. The summed E-state index contributed by atoms with van der Waals surface area (Å²) in [5.41, 5.74) is 6.82. The molecule has 1 unspecified atom stereocenters. The average Bonchev–Trinajstić information content (AvgIpc) is 2.73. The molecule has 2 aliphatic heterocycles. The van der Waals surface area contributed by atoms with E-state index in [1.165, 1.54) is 11.3 Å². The number of likely N-dealkylation sites (tertiary alicyclic amines) is 1. The molecule has 20 heavy (non-hydrogen) atoms. The number of nitrogens with zero attached hydrogens (tertiary/aromatic N) is 2. The molecular weight excluding hydrogens is 254 g/mol. The first-order valence-corrected chi connectivity index (χ1v) is 7.11. The second kappa shape index (κ2) is 5.34. The van der Waals surface area contributed by atoms with Gasteiger partial charge in [0.05, 0.1) is 17.8 Å². The van der Waals surface area contributed by atoms with E-state index in [1.54, 1.807) is 24.3 Å². The van der Waals surface area contributed by atoms with E-state index >= 15 is 0 Å². The number of rotatable bonds is 3. The van der Waals surface area contributed by atoms with E-state index in [0.29, 0.717) is 24.3 Å². The molecule has 1 aromatic carbocycles. The molecular formula is C15H19N3O2. The van der Waals surface area contributed by atoms with Crippen LogP contribution in [0.1, 0.15) is 40.0 Å². The molecule has 1 saturated heterocycles. The molecule has 2 amide bonds.